The summed E-state index contributed by atoms with van der Waals surface area (Å²) in [5.41, 5.74) is 0. The zero-order chi connectivity index (χ0) is 14.8. The van der Waals surface area contributed by atoms with E-state index in [0.29, 0.717) is 25.9 Å². The lowest BCUT2D eigenvalue weighted by Gasteiger charge is -2.16. The number of carboxylic acids is 1. The fraction of sp³-hybridized carbons (Fsp3) is 0.462. The maximum atomic E-state index is 12.8. The second-order valence-electron chi connectivity index (χ2n) is 4.90. The first-order chi connectivity index (χ1) is 9.39. The molecule has 1 aliphatic heterocycles. The summed E-state index contributed by atoms with van der Waals surface area (Å²) in [5, 5.41) is 8.64. The van der Waals surface area contributed by atoms with Gasteiger partial charge in [0.15, 0.2) is 0 Å². The standard InChI is InChI=1S/C13H16FNO4S/c14-11-2-4-12(5-3-11)20(18,19)15-8-7-10(9-15)1-6-13(16)17/h2-5,10H,1,6-9H2,(H,16,17). The third-order valence-electron chi connectivity index (χ3n) is 3.47. The maximum Gasteiger partial charge on any atom is 0.303 e. The van der Waals surface area contributed by atoms with Crippen molar-refractivity contribution in [1.82, 2.24) is 4.31 Å². The molecule has 1 aliphatic rings. The van der Waals surface area contributed by atoms with Crippen LogP contribution >= 0.6 is 0 Å². The Bertz CT molecular complexity index is 585. The van der Waals surface area contributed by atoms with Crippen LogP contribution in [0.15, 0.2) is 29.2 Å². The molecule has 0 aliphatic carbocycles. The van der Waals surface area contributed by atoms with Crippen molar-refractivity contribution in [3.8, 4) is 0 Å². The van der Waals surface area contributed by atoms with Gasteiger partial charge in [-0.3, -0.25) is 4.79 Å². The number of hydrogen-bond acceptors (Lipinski definition) is 3. The van der Waals surface area contributed by atoms with Gasteiger partial charge in [-0.05, 0) is 43.0 Å². The van der Waals surface area contributed by atoms with Crippen LogP contribution in [0, 0.1) is 11.7 Å². The van der Waals surface area contributed by atoms with Gasteiger partial charge in [0.25, 0.3) is 0 Å². The quantitative estimate of drug-likeness (QED) is 0.898. The van der Waals surface area contributed by atoms with Crippen LogP contribution in [0.1, 0.15) is 19.3 Å². The van der Waals surface area contributed by atoms with Crippen LogP contribution in [0.2, 0.25) is 0 Å². The Balaban J connectivity index is 2.05. The van der Waals surface area contributed by atoms with Gasteiger partial charge in [0.05, 0.1) is 4.90 Å². The Hall–Kier alpha value is -1.47. The molecule has 2 rings (SSSR count). The van der Waals surface area contributed by atoms with Gasteiger partial charge in [-0.1, -0.05) is 0 Å². The number of rotatable bonds is 5. The Morgan fingerprint density at radius 2 is 2.00 bits per heavy atom. The fourth-order valence-corrected chi connectivity index (χ4v) is 3.87. The van der Waals surface area contributed by atoms with E-state index in [1.807, 2.05) is 0 Å². The summed E-state index contributed by atoms with van der Waals surface area (Å²) in [4.78, 5) is 10.6. The minimum Gasteiger partial charge on any atom is -0.481 e. The van der Waals surface area contributed by atoms with Gasteiger partial charge >= 0.3 is 5.97 Å². The molecule has 1 aromatic rings. The van der Waals surface area contributed by atoms with E-state index in [9.17, 15) is 17.6 Å². The lowest BCUT2D eigenvalue weighted by Crippen LogP contribution is -2.29. The van der Waals surface area contributed by atoms with Crippen LogP contribution in [-0.4, -0.2) is 36.9 Å². The molecule has 1 aromatic carbocycles. The second-order valence-corrected chi connectivity index (χ2v) is 6.84. The summed E-state index contributed by atoms with van der Waals surface area (Å²) in [6.07, 6.45) is 1.19. The van der Waals surface area contributed by atoms with Gasteiger partial charge in [-0.2, -0.15) is 4.31 Å². The molecule has 1 fully saturated rings. The molecule has 0 aromatic heterocycles. The van der Waals surface area contributed by atoms with Crippen LogP contribution in [0.5, 0.6) is 0 Å². The van der Waals surface area contributed by atoms with Crippen molar-refractivity contribution in [2.75, 3.05) is 13.1 Å². The number of carboxylic acid groups (broad SMARTS) is 1. The summed E-state index contributed by atoms with van der Waals surface area (Å²) in [6.45, 7) is 0.705. The molecule has 1 saturated heterocycles. The molecule has 20 heavy (non-hydrogen) atoms. The van der Waals surface area contributed by atoms with Gasteiger partial charge in [0.1, 0.15) is 5.82 Å². The molecule has 0 amide bonds. The highest BCUT2D eigenvalue weighted by atomic mass is 32.2. The molecule has 1 N–H and O–H groups in total. The number of hydrogen-bond donors (Lipinski definition) is 1. The molecule has 7 heteroatoms. The first kappa shape index (κ1) is 14.9. The molecule has 1 atom stereocenters. The highest BCUT2D eigenvalue weighted by molar-refractivity contribution is 7.89. The molecule has 110 valence electrons. The van der Waals surface area contributed by atoms with Crippen molar-refractivity contribution in [3.63, 3.8) is 0 Å². The molecule has 0 saturated carbocycles. The molecular weight excluding hydrogens is 285 g/mol. The third kappa shape index (κ3) is 3.34. The molecule has 0 spiro atoms. The van der Waals surface area contributed by atoms with Crippen LogP contribution in [0.25, 0.3) is 0 Å². The highest BCUT2D eigenvalue weighted by Gasteiger charge is 2.32. The van der Waals surface area contributed by atoms with E-state index < -0.39 is 21.8 Å². The van der Waals surface area contributed by atoms with Crippen molar-refractivity contribution in [2.24, 2.45) is 5.92 Å². The summed E-state index contributed by atoms with van der Waals surface area (Å²) < 4.78 is 38.8. The summed E-state index contributed by atoms with van der Waals surface area (Å²) in [6, 6.07) is 4.72. The number of nitrogens with zero attached hydrogens (tertiary/aromatic N) is 1. The molecule has 1 unspecified atom stereocenters. The van der Waals surface area contributed by atoms with Crippen molar-refractivity contribution in [1.29, 1.82) is 0 Å². The SMILES string of the molecule is O=C(O)CCC1CCN(S(=O)(=O)c2ccc(F)cc2)C1. The molecule has 0 bridgehead atoms. The van der Waals surface area contributed by atoms with Crippen molar-refractivity contribution < 1.29 is 22.7 Å². The molecule has 0 radical (unpaired) electrons. The highest BCUT2D eigenvalue weighted by Crippen LogP contribution is 2.26. The fourth-order valence-electron chi connectivity index (χ4n) is 2.33. The monoisotopic (exact) mass is 301 g/mol. The lowest BCUT2D eigenvalue weighted by atomic mass is 10.0. The van der Waals surface area contributed by atoms with E-state index in [4.69, 9.17) is 5.11 Å². The van der Waals surface area contributed by atoms with Gasteiger partial charge in [0, 0.05) is 19.5 Å². The maximum absolute atomic E-state index is 12.8. The minimum atomic E-state index is -3.61. The van der Waals surface area contributed by atoms with Crippen LogP contribution in [-0.2, 0) is 14.8 Å². The first-order valence-electron chi connectivity index (χ1n) is 6.37. The smallest absolute Gasteiger partial charge is 0.303 e. The number of aliphatic carboxylic acids is 1. The minimum absolute atomic E-state index is 0.0507. The van der Waals surface area contributed by atoms with Gasteiger partial charge in [-0.15, -0.1) is 0 Å². The molecular formula is C13H16FNO4S. The average Bonchev–Trinajstić information content (AvgIpc) is 2.86. The van der Waals surface area contributed by atoms with Gasteiger partial charge in [0.2, 0.25) is 10.0 Å². The topological polar surface area (TPSA) is 74.7 Å². The van der Waals surface area contributed by atoms with Crippen molar-refractivity contribution in [2.45, 2.75) is 24.2 Å². The van der Waals surface area contributed by atoms with E-state index in [1.54, 1.807) is 0 Å². The number of sulfonamides is 1. The van der Waals surface area contributed by atoms with E-state index in [-0.39, 0.29) is 17.2 Å². The Labute approximate surface area is 117 Å². The largest absolute Gasteiger partial charge is 0.481 e. The predicted octanol–water partition coefficient (Wildman–Crippen LogP) is 1.70. The Morgan fingerprint density at radius 3 is 2.60 bits per heavy atom. The van der Waals surface area contributed by atoms with E-state index in [1.165, 1.54) is 16.4 Å². The molecule has 5 nitrogen and oxygen atoms in total. The third-order valence-corrected chi connectivity index (χ3v) is 5.35. The predicted molar refractivity (Wildman–Crippen MR) is 70.1 cm³/mol. The van der Waals surface area contributed by atoms with Crippen LogP contribution in [0.3, 0.4) is 0 Å². The average molecular weight is 301 g/mol. The summed E-state index contributed by atoms with van der Waals surface area (Å²) in [5.74, 6) is -1.28. The normalized spacial score (nSPS) is 20.1. The summed E-state index contributed by atoms with van der Waals surface area (Å²) >= 11 is 0. The Morgan fingerprint density at radius 1 is 1.35 bits per heavy atom. The van der Waals surface area contributed by atoms with E-state index in [2.05, 4.69) is 0 Å². The second kappa shape index (κ2) is 5.88. The lowest BCUT2D eigenvalue weighted by molar-refractivity contribution is -0.137. The molecule has 1 heterocycles. The van der Waals surface area contributed by atoms with Crippen LogP contribution in [0.4, 0.5) is 4.39 Å². The van der Waals surface area contributed by atoms with Gasteiger partial charge < -0.3 is 5.11 Å². The van der Waals surface area contributed by atoms with E-state index in [0.717, 1.165) is 12.1 Å². The zero-order valence-corrected chi connectivity index (χ0v) is 11.6. The number of benzene rings is 1. The summed E-state index contributed by atoms with van der Waals surface area (Å²) in [7, 11) is -3.61. The van der Waals surface area contributed by atoms with Crippen LogP contribution < -0.4 is 0 Å². The number of halogens is 1. The van der Waals surface area contributed by atoms with E-state index >= 15 is 0 Å². The van der Waals surface area contributed by atoms with Crippen molar-refractivity contribution in [3.05, 3.63) is 30.1 Å². The number of carbonyl (C=O) groups is 1. The van der Waals surface area contributed by atoms with Crippen molar-refractivity contribution >= 4 is 16.0 Å². The Kier molecular flexibility index (Phi) is 4.39. The zero-order valence-electron chi connectivity index (χ0n) is 10.8. The van der Waals surface area contributed by atoms with Gasteiger partial charge in [-0.25, -0.2) is 12.8 Å². The first-order valence-corrected chi connectivity index (χ1v) is 7.81.